The number of hydrogen-bond donors (Lipinski definition) is 3. The van der Waals surface area contributed by atoms with Crippen LogP contribution in [0, 0.1) is 17.2 Å². The zero-order chi connectivity index (χ0) is 27.7. The highest BCUT2D eigenvalue weighted by molar-refractivity contribution is 7.18. The predicted molar refractivity (Wildman–Crippen MR) is 149 cm³/mol. The molecule has 0 aliphatic heterocycles. The Morgan fingerprint density at radius 3 is 2.39 bits per heavy atom. The van der Waals surface area contributed by atoms with E-state index in [1.54, 1.807) is 6.92 Å². The van der Waals surface area contributed by atoms with Crippen molar-refractivity contribution in [3.63, 3.8) is 0 Å². The van der Waals surface area contributed by atoms with Crippen LogP contribution in [-0.2, 0) is 27.2 Å². The van der Waals surface area contributed by atoms with Gasteiger partial charge < -0.3 is 16.0 Å². The standard InChI is InChI=1S/C29H35N5O3S/c1-5-26(35)33-24(15-27-34-23-12-11-21(18(2)3)14-25(23)38-27)29(37)32-22(13-20-9-7-6-8-10-20)17-31-28(36)19(4)16-30/h6-12,14,18-19,22,24H,5,13,15,17H2,1-4H3,(H,31,36)(H,32,37)(H,33,35)/t19?,22-,24-/m0/s1. The number of aromatic nitrogens is 1. The van der Waals surface area contributed by atoms with Crippen LogP contribution in [0.1, 0.15) is 56.2 Å². The van der Waals surface area contributed by atoms with E-state index in [-0.39, 0.29) is 31.2 Å². The minimum atomic E-state index is -0.820. The van der Waals surface area contributed by atoms with E-state index in [2.05, 4.69) is 41.9 Å². The van der Waals surface area contributed by atoms with Crippen LogP contribution in [0.2, 0.25) is 0 Å². The van der Waals surface area contributed by atoms with E-state index in [0.717, 1.165) is 20.8 Å². The molecule has 0 fully saturated rings. The summed E-state index contributed by atoms with van der Waals surface area (Å²) in [4.78, 5) is 42.7. The number of fused-ring (bicyclic) bond motifs is 1. The number of nitrogens with zero attached hydrogens (tertiary/aromatic N) is 2. The second-order valence-electron chi connectivity index (χ2n) is 9.66. The molecule has 8 nitrogen and oxygen atoms in total. The zero-order valence-corrected chi connectivity index (χ0v) is 23.1. The van der Waals surface area contributed by atoms with Crippen LogP contribution in [0.4, 0.5) is 0 Å². The van der Waals surface area contributed by atoms with Crippen LogP contribution in [0.3, 0.4) is 0 Å². The topological polar surface area (TPSA) is 124 Å². The zero-order valence-electron chi connectivity index (χ0n) is 22.3. The lowest BCUT2D eigenvalue weighted by Crippen LogP contribution is -2.53. The number of hydrogen-bond acceptors (Lipinski definition) is 6. The van der Waals surface area contributed by atoms with Gasteiger partial charge in [0.05, 0.1) is 27.3 Å². The summed E-state index contributed by atoms with van der Waals surface area (Å²) < 4.78 is 1.04. The molecule has 0 aliphatic carbocycles. The first-order chi connectivity index (χ1) is 18.2. The average Bonchev–Trinajstić information content (AvgIpc) is 3.32. The molecule has 0 bridgehead atoms. The summed E-state index contributed by atoms with van der Waals surface area (Å²) in [7, 11) is 0. The molecule has 200 valence electrons. The molecular weight excluding hydrogens is 498 g/mol. The Kier molecular flexibility index (Phi) is 10.4. The van der Waals surface area contributed by atoms with E-state index in [4.69, 9.17) is 10.2 Å². The molecular formula is C29H35N5O3S. The lowest BCUT2D eigenvalue weighted by Gasteiger charge is -2.24. The molecule has 0 aliphatic rings. The fourth-order valence-corrected chi connectivity index (χ4v) is 4.99. The summed E-state index contributed by atoms with van der Waals surface area (Å²) in [6.45, 7) is 7.69. The first-order valence-electron chi connectivity index (χ1n) is 12.9. The average molecular weight is 534 g/mol. The van der Waals surface area contributed by atoms with Gasteiger partial charge in [-0.1, -0.05) is 57.2 Å². The van der Waals surface area contributed by atoms with Crippen molar-refractivity contribution in [2.24, 2.45) is 5.92 Å². The Balaban J connectivity index is 1.79. The van der Waals surface area contributed by atoms with E-state index in [0.29, 0.717) is 12.3 Å². The SMILES string of the molecule is CCC(=O)N[C@@H](Cc1nc2ccc(C(C)C)cc2s1)C(=O)N[C@H](CNC(=O)C(C)C#N)Cc1ccccc1. The minimum Gasteiger partial charge on any atom is -0.353 e. The maximum atomic E-state index is 13.5. The molecule has 0 spiro atoms. The van der Waals surface area contributed by atoms with Gasteiger partial charge in [-0.2, -0.15) is 5.26 Å². The highest BCUT2D eigenvalue weighted by Crippen LogP contribution is 2.27. The number of nitrogens with one attached hydrogen (secondary N) is 3. The van der Waals surface area contributed by atoms with Gasteiger partial charge in [0, 0.05) is 19.4 Å². The van der Waals surface area contributed by atoms with Crippen LogP contribution < -0.4 is 16.0 Å². The van der Waals surface area contributed by atoms with Gasteiger partial charge in [0.15, 0.2) is 0 Å². The summed E-state index contributed by atoms with van der Waals surface area (Å²) >= 11 is 1.52. The molecule has 3 atom stereocenters. The maximum Gasteiger partial charge on any atom is 0.243 e. The van der Waals surface area contributed by atoms with Crippen molar-refractivity contribution in [2.75, 3.05) is 6.54 Å². The van der Waals surface area contributed by atoms with Gasteiger partial charge in [0.2, 0.25) is 17.7 Å². The third-order valence-electron chi connectivity index (χ3n) is 6.26. The fourth-order valence-electron chi connectivity index (χ4n) is 3.93. The largest absolute Gasteiger partial charge is 0.353 e. The molecule has 1 heterocycles. The van der Waals surface area contributed by atoms with Gasteiger partial charge >= 0.3 is 0 Å². The second-order valence-corrected chi connectivity index (χ2v) is 10.8. The Morgan fingerprint density at radius 2 is 1.74 bits per heavy atom. The second kappa shape index (κ2) is 13.7. The van der Waals surface area contributed by atoms with Crippen LogP contribution in [0.15, 0.2) is 48.5 Å². The summed E-state index contributed by atoms with van der Waals surface area (Å²) in [6, 6.07) is 16.5. The molecule has 2 aromatic carbocycles. The third-order valence-corrected chi connectivity index (χ3v) is 7.30. The molecule has 38 heavy (non-hydrogen) atoms. The molecule has 3 aromatic rings. The van der Waals surface area contributed by atoms with Gasteiger partial charge in [-0.15, -0.1) is 11.3 Å². The first kappa shape index (κ1) is 28.8. The van der Waals surface area contributed by atoms with E-state index in [9.17, 15) is 14.4 Å². The predicted octanol–water partition coefficient (Wildman–Crippen LogP) is 3.86. The number of amides is 3. The van der Waals surface area contributed by atoms with Crippen molar-refractivity contribution < 1.29 is 14.4 Å². The van der Waals surface area contributed by atoms with Crippen LogP contribution in [-0.4, -0.2) is 41.3 Å². The molecule has 1 aromatic heterocycles. The molecule has 3 N–H and O–H groups in total. The number of rotatable bonds is 12. The Bertz CT molecular complexity index is 1300. The maximum absolute atomic E-state index is 13.5. The highest BCUT2D eigenvalue weighted by Gasteiger charge is 2.26. The van der Waals surface area contributed by atoms with E-state index >= 15 is 0 Å². The van der Waals surface area contributed by atoms with Gasteiger partial charge in [-0.25, -0.2) is 4.98 Å². The summed E-state index contributed by atoms with van der Waals surface area (Å²) in [5, 5.41) is 18.4. The Hall–Kier alpha value is -3.77. The number of carbonyl (C=O) groups excluding carboxylic acids is 3. The normalized spacial score (nSPS) is 13.4. The summed E-state index contributed by atoms with van der Waals surface area (Å²) in [5.41, 5.74) is 3.08. The monoisotopic (exact) mass is 533 g/mol. The first-order valence-corrected chi connectivity index (χ1v) is 13.7. The number of benzene rings is 2. The Labute approximate surface area is 227 Å². The van der Waals surface area contributed by atoms with Gasteiger partial charge in [-0.3, -0.25) is 14.4 Å². The van der Waals surface area contributed by atoms with Gasteiger partial charge in [0.1, 0.15) is 12.0 Å². The number of carbonyl (C=O) groups is 3. The van der Waals surface area contributed by atoms with Crippen LogP contribution in [0.25, 0.3) is 10.2 Å². The lowest BCUT2D eigenvalue weighted by molar-refractivity contribution is -0.129. The van der Waals surface area contributed by atoms with Crippen molar-refractivity contribution in [3.8, 4) is 6.07 Å². The number of thiazole rings is 1. The van der Waals surface area contributed by atoms with Crippen molar-refractivity contribution >= 4 is 39.3 Å². The van der Waals surface area contributed by atoms with Gasteiger partial charge in [-0.05, 0) is 42.5 Å². The van der Waals surface area contributed by atoms with Crippen LogP contribution >= 0.6 is 11.3 Å². The molecule has 9 heteroatoms. The lowest BCUT2D eigenvalue weighted by atomic mass is 10.0. The number of nitriles is 1. The molecule has 3 amide bonds. The fraction of sp³-hybridized carbons (Fsp3) is 0.414. The van der Waals surface area contributed by atoms with Crippen molar-refractivity contribution in [1.29, 1.82) is 5.26 Å². The van der Waals surface area contributed by atoms with Crippen LogP contribution in [0.5, 0.6) is 0 Å². The summed E-state index contributed by atoms with van der Waals surface area (Å²) in [5.74, 6) is -1.38. The summed E-state index contributed by atoms with van der Waals surface area (Å²) in [6.07, 6.45) is 0.974. The van der Waals surface area contributed by atoms with Gasteiger partial charge in [0.25, 0.3) is 0 Å². The quantitative estimate of drug-likeness (QED) is 0.326. The minimum absolute atomic E-state index is 0.152. The van der Waals surface area contributed by atoms with E-state index in [1.165, 1.54) is 23.8 Å². The molecule has 3 rings (SSSR count). The van der Waals surface area contributed by atoms with Crippen molar-refractivity contribution in [3.05, 3.63) is 64.7 Å². The molecule has 0 saturated carbocycles. The highest BCUT2D eigenvalue weighted by atomic mass is 32.1. The molecule has 0 saturated heterocycles. The third kappa shape index (κ3) is 8.12. The van der Waals surface area contributed by atoms with E-state index in [1.807, 2.05) is 42.5 Å². The van der Waals surface area contributed by atoms with Crippen molar-refractivity contribution in [1.82, 2.24) is 20.9 Å². The van der Waals surface area contributed by atoms with Crippen molar-refractivity contribution in [2.45, 2.75) is 65.0 Å². The smallest absolute Gasteiger partial charge is 0.243 e. The van der Waals surface area contributed by atoms with E-state index < -0.39 is 23.9 Å². The molecule has 1 unspecified atom stereocenters. The molecule has 0 radical (unpaired) electrons. The Morgan fingerprint density at radius 1 is 1.00 bits per heavy atom.